The summed E-state index contributed by atoms with van der Waals surface area (Å²) in [5.74, 6) is 6.10. The van der Waals surface area contributed by atoms with Crippen molar-refractivity contribution in [2.45, 2.75) is 31.4 Å². The lowest BCUT2D eigenvalue weighted by Gasteiger charge is -2.07. The summed E-state index contributed by atoms with van der Waals surface area (Å²) in [5.41, 5.74) is 6.84. The Morgan fingerprint density at radius 1 is 1.25 bits per heavy atom. The van der Waals surface area contributed by atoms with Gasteiger partial charge in [0.1, 0.15) is 6.61 Å². The molecule has 0 aliphatic heterocycles. The number of nitrogens with two attached hydrogens (primary N) is 1. The smallest absolute Gasteiger partial charge is 0.108 e. The molecular weight excluding hydrogens is 198 g/mol. The van der Waals surface area contributed by atoms with Crippen molar-refractivity contribution in [3.63, 3.8) is 0 Å². The predicted molar refractivity (Wildman–Crippen MR) is 64.9 cm³/mol. The zero-order chi connectivity index (χ0) is 11.2. The summed E-state index contributed by atoms with van der Waals surface area (Å²) < 4.78 is 5.64. The van der Waals surface area contributed by atoms with Crippen molar-refractivity contribution >= 4 is 0 Å². The molecule has 2 heteroatoms. The third-order valence-corrected chi connectivity index (χ3v) is 2.82. The van der Waals surface area contributed by atoms with E-state index in [1.165, 1.54) is 0 Å². The topological polar surface area (TPSA) is 35.2 Å². The van der Waals surface area contributed by atoms with E-state index in [0.29, 0.717) is 18.8 Å². The lowest BCUT2D eigenvalue weighted by Crippen LogP contribution is -2.17. The summed E-state index contributed by atoms with van der Waals surface area (Å²) in [5, 5.41) is 0. The Morgan fingerprint density at radius 3 is 2.75 bits per heavy atom. The maximum Gasteiger partial charge on any atom is 0.108 e. The van der Waals surface area contributed by atoms with Crippen molar-refractivity contribution in [2.24, 2.45) is 5.73 Å². The van der Waals surface area contributed by atoms with Crippen LogP contribution in [-0.2, 0) is 4.74 Å². The van der Waals surface area contributed by atoms with Crippen LogP contribution in [0.1, 0.15) is 24.8 Å². The number of hydrogen-bond donors (Lipinski definition) is 1. The minimum atomic E-state index is 0.320. The van der Waals surface area contributed by atoms with Crippen LogP contribution < -0.4 is 5.73 Å². The van der Waals surface area contributed by atoms with E-state index < -0.39 is 0 Å². The van der Waals surface area contributed by atoms with Gasteiger partial charge >= 0.3 is 0 Å². The zero-order valence-corrected chi connectivity index (χ0v) is 9.36. The molecule has 2 atom stereocenters. The normalized spacial score (nSPS) is 23.8. The van der Waals surface area contributed by atoms with Crippen molar-refractivity contribution in [3.05, 3.63) is 35.9 Å². The van der Waals surface area contributed by atoms with Crippen molar-refractivity contribution in [1.82, 2.24) is 0 Å². The highest BCUT2D eigenvalue weighted by atomic mass is 16.5. The Kier molecular flexibility index (Phi) is 3.98. The Hall–Kier alpha value is -1.30. The predicted octanol–water partition coefficient (Wildman–Crippen LogP) is 1.93. The number of ether oxygens (including phenoxy) is 1. The number of hydrogen-bond acceptors (Lipinski definition) is 2. The van der Waals surface area contributed by atoms with E-state index in [0.717, 1.165) is 24.8 Å². The van der Waals surface area contributed by atoms with Gasteiger partial charge in [0.05, 0.1) is 6.10 Å². The average Bonchev–Trinajstić information content (AvgIpc) is 2.72. The summed E-state index contributed by atoms with van der Waals surface area (Å²) >= 11 is 0. The van der Waals surface area contributed by atoms with Crippen molar-refractivity contribution in [2.75, 3.05) is 6.61 Å². The molecule has 16 heavy (non-hydrogen) atoms. The fraction of sp³-hybridized carbons (Fsp3) is 0.429. The molecule has 0 saturated heterocycles. The molecule has 0 spiro atoms. The van der Waals surface area contributed by atoms with E-state index in [2.05, 4.69) is 11.8 Å². The van der Waals surface area contributed by atoms with E-state index >= 15 is 0 Å². The van der Waals surface area contributed by atoms with E-state index in [1.54, 1.807) is 0 Å². The van der Waals surface area contributed by atoms with Crippen LogP contribution in [0.15, 0.2) is 30.3 Å². The molecule has 0 radical (unpaired) electrons. The SMILES string of the molecule is NC1CCC(OCC#Cc2ccccc2)C1. The average molecular weight is 215 g/mol. The van der Waals surface area contributed by atoms with E-state index in [-0.39, 0.29) is 0 Å². The first kappa shape index (κ1) is 11.2. The van der Waals surface area contributed by atoms with Crippen LogP contribution in [0, 0.1) is 11.8 Å². The number of rotatable bonds is 2. The Labute approximate surface area is 96.8 Å². The second-order valence-corrected chi connectivity index (χ2v) is 4.17. The largest absolute Gasteiger partial charge is 0.365 e. The summed E-state index contributed by atoms with van der Waals surface area (Å²) in [7, 11) is 0. The molecule has 2 rings (SSSR count). The number of benzene rings is 1. The molecule has 1 aliphatic rings. The summed E-state index contributed by atoms with van der Waals surface area (Å²) in [6.45, 7) is 0.506. The first-order chi connectivity index (χ1) is 7.84. The summed E-state index contributed by atoms with van der Waals surface area (Å²) in [6, 6.07) is 10.3. The first-order valence-corrected chi connectivity index (χ1v) is 5.75. The van der Waals surface area contributed by atoms with Gasteiger partial charge in [-0.1, -0.05) is 30.0 Å². The molecule has 0 heterocycles. The maximum atomic E-state index is 5.80. The van der Waals surface area contributed by atoms with Gasteiger partial charge in [-0.2, -0.15) is 0 Å². The van der Waals surface area contributed by atoms with Gasteiger partial charge in [-0.05, 0) is 31.4 Å². The van der Waals surface area contributed by atoms with Gasteiger partial charge in [-0.25, -0.2) is 0 Å². The fourth-order valence-electron chi connectivity index (χ4n) is 1.94. The molecule has 2 unspecified atom stereocenters. The van der Waals surface area contributed by atoms with Crippen molar-refractivity contribution in [1.29, 1.82) is 0 Å². The lowest BCUT2D eigenvalue weighted by atomic mass is 10.2. The highest BCUT2D eigenvalue weighted by Crippen LogP contribution is 2.19. The Balaban J connectivity index is 1.74. The minimum Gasteiger partial charge on any atom is -0.365 e. The molecular formula is C14H17NO. The van der Waals surface area contributed by atoms with Crippen LogP contribution in [0.2, 0.25) is 0 Å². The van der Waals surface area contributed by atoms with Crippen molar-refractivity contribution < 1.29 is 4.74 Å². The van der Waals surface area contributed by atoms with Crippen LogP contribution in [0.5, 0.6) is 0 Å². The van der Waals surface area contributed by atoms with Crippen LogP contribution in [0.3, 0.4) is 0 Å². The standard InChI is InChI=1S/C14H17NO/c15-13-8-9-14(11-13)16-10-4-7-12-5-2-1-3-6-12/h1-3,5-6,13-14H,8-11,15H2. The third kappa shape index (κ3) is 3.37. The molecule has 0 amide bonds. The molecule has 1 aliphatic carbocycles. The second-order valence-electron chi connectivity index (χ2n) is 4.17. The second kappa shape index (κ2) is 5.69. The van der Waals surface area contributed by atoms with E-state index in [4.69, 9.17) is 10.5 Å². The Morgan fingerprint density at radius 2 is 2.06 bits per heavy atom. The molecule has 2 nitrogen and oxygen atoms in total. The van der Waals surface area contributed by atoms with Crippen LogP contribution in [-0.4, -0.2) is 18.8 Å². The summed E-state index contributed by atoms with van der Waals surface area (Å²) in [6.07, 6.45) is 3.46. The van der Waals surface area contributed by atoms with Crippen LogP contribution in [0.25, 0.3) is 0 Å². The molecule has 1 saturated carbocycles. The maximum absolute atomic E-state index is 5.80. The molecule has 2 N–H and O–H groups in total. The van der Waals surface area contributed by atoms with Gasteiger partial charge in [0.2, 0.25) is 0 Å². The third-order valence-electron chi connectivity index (χ3n) is 2.82. The summed E-state index contributed by atoms with van der Waals surface area (Å²) in [4.78, 5) is 0. The monoisotopic (exact) mass is 215 g/mol. The fourth-order valence-corrected chi connectivity index (χ4v) is 1.94. The Bertz CT molecular complexity index is 377. The molecule has 1 fully saturated rings. The lowest BCUT2D eigenvalue weighted by molar-refractivity contribution is 0.0827. The zero-order valence-electron chi connectivity index (χ0n) is 9.36. The van der Waals surface area contributed by atoms with E-state index in [9.17, 15) is 0 Å². The first-order valence-electron chi connectivity index (χ1n) is 5.75. The molecule has 84 valence electrons. The minimum absolute atomic E-state index is 0.320. The highest BCUT2D eigenvalue weighted by molar-refractivity contribution is 5.33. The quantitative estimate of drug-likeness (QED) is 0.765. The van der Waals surface area contributed by atoms with E-state index in [1.807, 2.05) is 30.3 Å². The van der Waals surface area contributed by atoms with Gasteiger partial charge in [-0.3, -0.25) is 0 Å². The van der Waals surface area contributed by atoms with Gasteiger partial charge in [0, 0.05) is 11.6 Å². The molecule has 0 bridgehead atoms. The molecule has 1 aromatic rings. The van der Waals surface area contributed by atoms with Crippen molar-refractivity contribution in [3.8, 4) is 11.8 Å². The van der Waals surface area contributed by atoms with Crippen LogP contribution >= 0.6 is 0 Å². The van der Waals surface area contributed by atoms with Gasteiger partial charge < -0.3 is 10.5 Å². The van der Waals surface area contributed by atoms with Crippen LogP contribution in [0.4, 0.5) is 0 Å². The van der Waals surface area contributed by atoms with Gasteiger partial charge in [-0.15, -0.1) is 0 Å². The highest BCUT2D eigenvalue weighted by Gasteiger charge is 2.21. The van der Waals surface area contributed by atoms with Gasteiger partial charge in [0.15, 0.2) is 0 Å². The molecule has 0 aromatic heterocycles. The van der Waals surface area contributed by atoms with Gasteiger partial charge in [0.25, 0.3) is 0 Å². The molecule has 1 aromatic carbocycles.